The van der Waals surface area contributed by atoms with Crippen molar-refractivity contribution in [2.45, 2.75) is 13.1 Å². The van der Waals surface area contributed by atoms with Gasteiger partial charge in [0.15, 0.2) is 0 Å². The van der Waals surface area contributed by atoms with Crippen LogP contribution in [-0.4, -0.2) is 64.0 Å². The van der Waals surface area contributed by atoms with Crippen LogP contribution in [-0.2, 0) is 0 Å². The van der Waals surface area contributed by atoms with E-state index in [4.69, 9.17) is 0 Å². The number of aryl methyl sites for hydroxylation is 1. The molecule has 1 fully saturated rings. The highest BCUT2D eigenvalue weighted by Crippen LogP contribution is 2.19. The second kappa shape index (κ2) is 6.98. The number of aromatic nitrogens is 2. The van der Waals surface area contributed by atoms with Crippen molar-refractivity contribution in [3.63, 3.8) is 0 Å². The second-order valence-electron chi connectivity index (χ2n) is 5.66. The number of nitrogens with zero attached hydrogens (tertiary/aromatic N) is 4. The number of hydrogen-bond donors (Lipinski definition) is 0. The van der Waals surface area contributed by atoms with Gasteiger partial charge in [-0.1, -0.05) is 6.07 Å². The zero-order chi connectivity index (χ0) is 16.6. The van der Waals surface area contributed by atoms with E-state index in [1.807, 2.05) is 18.2 Å². The maximum atomic E-state index is 12.7. The lowest BCUT2D eigenvalue weighted by molar-refractivity contribution is -0.148. The number of fused-ring (bicyclic) bond motifs is 1. The molecule has 1 aliphatic heterocycles. The van der Waals surface area contributed by atoms with Crippen LogP contribution in [0.25, 0.3) is 5.65 Å². The highest BCUT2D eigenvalue weighted by Gasteiger charge is 2.33. The van der Waals surface area contributed by atoms with Crippen molar-refractivity contribution in [2.75, 3.05) is 32.7 Å². The van der Waals surface area contributed by atoms with E-state index >= 15 is 0 Å². The van der Waals surface area contributed by atoms with Crippen molar-refractivity contribution >= 4 is 24.0 Å². The Kier molecular flexibility index (Phi) is 5.39. The fraction of sp³-hybridized carbons (Fsp3) is 0.467. The monoisotopic (exact) mass is 362 g/mol. The number of carbonyl (C=O) groups is 1. The van der Waals surface area contributed by atoms with E-state index in [1.165, 1.54) is 4.90 Å². The molecule has 0 aromatic carbocycles. The first-order valence-electron chi connectivity index (χ1n) is 7.37. The second-order valence-corrected chi connectivity index (χ2v) is 5.66. The summed E-state index contributed by atoms with van der Waals surface area (Å²) in [6, 6.07) is 5.46. The Morgan fingerprint density at radius 1 is 1.21 bits per heavy atom. The topological polar surface area (TPSA) is 40.9 Å². The van der Waals surface area contributed by atoms with Crippen molar-refractivity contribution in [2.24, 2.45) is 0 Å². The van der Waals surface area contributed by atoms with E-state index in [0.717, 1.165) is 0 Å². The molecule has 0 atom stereocenters. The van der Waals surface area contributed by atoms with E-state index in [-0.39, 0.29) is 44.5 Å². The van der Waals surface area contributed by atoms with Gasteiger partial charge in [-0.25, -0.2) is 4.98 Å². The molecule has 1 amide bonds. The number of rotatable bonds is 2. The van der Waals surface area contributed by atoms with E-state index in [1.54, 1.807) is 22.4 Å². The molecule has 0 bridgehead atoms. The van der Waals surface area contributed by atoms with Crippen LogP contribution in [0.1, 0.15) is 16.2 Å². The quantitative estimate of drug-likeness (QED) is 0.823. The van der Waals surface area contributed by atoms with Gasteiger partial charge < -0.3 is 4.90 Å². The Balaban J connectivity index is 0.00000208. The first-order valence-corrected chi connectivity index (χ1v) is 7.37. The molecule has 0 unspecified atom stereocenters. The van der Waals surface area contributed by atoms with Gasteiger partial charge >= 0.3 is 6.18 Å². The van der Waals surface area contributed by atoms with Crippen LogP contribution in [0.15, 0.2) is 24.4 Å². The van der Waals surface area contributed by atoms with Gasteiger partial charge in [-0.3, -0.25) is 14.1 Å². The van der Waals surface area contributed by atoms with Crippen LogP contribution in [0.4, 0.5) is 13.2 Å². The SMILES string of the molecule is Cc1nc2ccccn2c1C(=O)N1CCN(CC(F)(F)F)CC1.Cl. The minimum Gasteiger partial charge on any atom is -0.335 e. The van der Waals surface area contributed by atoms with E-state index < -0.39 is 12.7 Å². The minimum atomic E-state index is -4.20. The highest BCUT2D eigenvalue weighted by molar-refractivity contribution is 5.94. The van der Waals surface area contributed by atoms with E-state index in [2.05, 4.69) is 4.98 Å². The number of amides is 1. The molecule has 0 N–H and O–H groups in total. The van der Waals surface area contributed by atoms with Crippen LogP contribution in [0.3, 0.4) is 0 Å². The van der Waals surface area contributed by atoms with E-state index in [9.17, 15) is 18.0 Å². The summed E-state index contributed by atoms with van der Waals surface area (Å²) >= 11 is 0. The minimum absolute atomic E-state index is 0. The summed E-state index contributed by atoms with van der Waals surface area (Å²) in [7, 11) is 0. The van der Waals surface area contributed by atoms with Crippen LogP contribution in [0, 0.1) is 6.92 Å². The van der Waals surface area contributed by atoms with Crippen LogP contribution >= 0.6 is 12.4 Å². The third-order valence-electron chi connectivity index (χ3n) is 3.97. The van der Waals surface area contributed by atoms with Gasteiger partial charge in [-0.15, -0.1) is 12.4 Å². The molecule has 3 rings (SSSR count). The third-order valence-corrected chi connectivity index (χ3v) is 3.97. The van der Waals surface area contributed by atoms with Crippen molar-refractivity contribution in [3.8, 4) is 0 Å². The number of pyridine rings is 1. The van der Waals surface area contributed by atoms with Gasteiger partial charge in [0.05, 0.1) is 12.2 Å². The number of carbonyl (C=O) groups excluding carboxylic acids is 1. The fourth-order valence-electron chi connectivity index (χ4n) is 2.88. The van der Waals surface area contributed by atoms with Gasteiger partial charge in [0.1, 0.15) is 11.3 Å². The number of imidazole rings is 1. The molecule has 3 heterocycles. The number of alkyl halides is 3. The first-order chi connectivity index (χ1) is 10.8. The Hall–Kier alpha value is -1.80. The van der Waals surface area contributed by atoms with Gasteiger partial charge in [0, 0.05) is 32.4 Å². The van der Waals surface area contributed by atoms with Crippen molar-refractivity contribution in [1.29, 1.82) is 0 Å². The van der Waals surface area contributed by atoms with Crippen LogP contribution in [0.5, 0.6) is 0 Å². The Morgan fingerprint density at radius 3 is 2.50 bits per heavy atom. The molecule has 2 aromatic heterocycles. The van der Waals surface area contributed by atoms with Gasteiger partial charge in [-0.2, -0.15) is 13.2 Å². The Labute approximate surface area is 143 Å². The predicted octanol–water partition coefficient (Wildman–Crippen LogP) is 2.38. The molecule has 1 aliphatic rings. The molecule has 132 valence electrons. The van der Waals surface area contributed by atoms with Gasteiger partial charge in [0.25, 0.3) is 5.91 Å². The van der Waals surface area contributed by atoms with Crippen LogP contribution in [0.2, 0.25) is 0 Å². The standard InChI is InChI=1S/C15H17F3N4O.ClH/c1-11-13(22-5-3-2-4-12(22)19-11)14(23)21-8-6-20(7-9-21)10-15(16,17)18;/h2-5H,6-10H2,1H3;1H. The number of halogens is 4. The normalized spacial score (nSPS) is 16.2. The smallest absolute Gasteiger partial charge is 0.335 e. The van der Waals surface area contributed by atoms with Crippen molar-refractivity contribution in [1.82, 2.24) is 19.2 Å². The molecular weight excluding hydrogens is 345 g/mol. The zero-order valence-corrected chi connectivity index (χ0v) is 13.9. The molecule has 9 heteroatoms. The largest absolute Gasteiger partial charge is 0.401 e. The van der Waals surface area contributed by atoms with Crippen molar-refractivity contribution in [3.05, 3.63) is 35.8 Å². The number of hydrogen-bond acceptors (Lipinski definition) is 3. The van der Waals surface area contributed by atoms with Gasteiger partial charge in [0.2, 0.25) is 0 Å². The summed E-state index contributed by atoms with van der Waals surface area (Å²) in [6.45, 7) is 1.86. The summed E-state index contributed by atoms with van der Waals surface area (Å²) in [6.07, 6.45) is -2.44. The molecule has 0 aliphatic carbocycles. The average molecular weight is 363 g/mol. The molecular formula is C15H18ClF3N4O. The lowest BCUT2D eigenvalue weighted by Crippen LogP contribution is -2.51. The zero-order valence-electron chi connectivity index (χ0n) is 13.1. The predicted molar refractivity (Wildman–Crippen MR) is 85.6 cm³/mol. The lowest BCUT2D eigenvalue weighted by atomic mass is 10.2. The summed E-state index contributed by atoms with van der Waals surface area (Å²) in [4.78, 5) is 20.0. The summed E-state index contributed by atoms with van der Waals surface area (Å²) in [5.74, 6) is -0.187. The maximum Gasteiger partial charge on any atom is 0.401 e. The molecule has 5 nitrogen and oxygen atoms in total. The summed E-state index contributed by atoms with van der Waals surface area (Å²) in [5, 5.41) is 0. The maximum absolute atomic E-state index is 12.7. The number of piperazine rings is 1. The Bertz CT molecular complexity index is 723. The third kappa shape index (κ3) is 3.81. The molecule has 1 saturated heterocycles. The molecule has 24 heavy (non-hydrogen) atoms. The fourth-order valence-corrected chi connectivity index (χ4v) is 2.88. The molecule has 0 radical (unpaired) electrons. The summed E-state index contributed by atoms with van der Waals surface area (Å²) < 4.78 is 39.0. The van der Waals surface area contributed by atoms with E-state index in [0.29, 0.717) is 17.0 Å². The van der Waals surface area contributed by atoms with Crippen molar-refractivity contribution < 1.29 is 18.0 Å². The lowest BCUT2D eigenvalue weighted by Gasteiger charge is -2.34. The highest BCUT2D eigenvalue weighted by atomic mass is 35.5. The van der Waals surface area contributed by atoms with Crippen LogP contribution < -0.4 is 0 Å². The molecule has 2 aromatic rings. The Morgan fingerprint density at radius 2 is 1.88 bits per heavy atom. The summed E-state index contributed by atoms with van der Waals surface area (Å²) in [5.41, 5.74) is 1.79. The molecule has 0 spiro atoms. The first kappa shape index (κ1) is 18.5. The molecule has 0 saturated carbocycles. The van der Waals surface area contributed by atoms with Gasteiger partial charge in [-0.05, 0) is 19.1 Å². The average Bonchev–Trinajstić information content (AvgIpc) is 2.81.